The highest BCUT2D eigenvalue weighted by Crippen LogP contribution is 2.33. The highest BCUT2D eigenvalue weighted by Gasteiger charge is 2.25. The summed E-state index contributed by atoms with van der Waals surface area (Å²) in [5.41, 5.74) is 1.45. The summed E-state index contributed by atoms with van der Waals surface area (Å²) < 4.78 is 8.01. The third-order valence-electron chi connectivity index (χ3n) is 2.88. The van der Waals surface area contributed by atoms with Gasteiger partial charge in [-0.3, -0.25) is 9.13 Å². The molecule has 0 aliphatic heterocycles. The molecule has 84 valence electrons. The number of hydrogen-bond acceptors (Lipinski definition) is 4. The molecule has 1 saturated carbocycles. The molecular formula is C10H12N4O2. The Hall–Kier alpha value is -1.85. The van der Waals surface area contributed by atoms with Crippen LogP contribution in [0.2, 0.25) is 0 Å². The first-order valence-electron chi connectivity index (χ1n) is 5.31. The van der Waals surface area contributed by atoms with Gasteiger partial charge < -0.3 is 0 Å². The minimum absolute atomic E-state index is 0.0184. The van der Waals surface area contributed by atoms with Gasteiger partial charge in [-0.1, -0.05) is 10.3 Å². The summed E-state index contributed by atoms with van der Waals surface area (Å²) in [4.78, 5) is 11.9. The van der Waals surface area contributed by atoms with Gasteiger partial charge in [-0.15, -0.1) is 0 Å². The molecule has 6 nitrogen and oxygen atoms in total. The molecule has 0 saturated heterocycles. The molecule has 0 bridgehead atoms. The summed E-state index contributed by atoms with van der Waals surface area (Å²) >= 11 is 0. The smallest absolute Gasteiger partial charge is 0.296 e. The van der Waals surface area contributed by atoms with Gasteiger partial charge in [0.25, 0.3) is 0 Å². The van der Waals surface area contributed by atoms with E-state index in [1.807, 2.05) is 13.1 Å². The number of imidazole rings is 1. The molecule has 1 fully saturated rings. The summed E-state index contributed by atoms with van der Waals surface area (Å²) in [5, 5.41) is 7.46. The Morgan fingerprint density at radius 1 is 1.44 bits per heavy atom. The quantitative estimate of drug-likeness (QED) is 0.764. The van der Waals surface area contributed by atoms with Crippen molar-refractivity contribution in [1.82, 2.24) is 19.4 Å². The highest BCUT2D eigenvalue weighted by molar-refractivity contribution is 5.06. The molecule has 2 aromatic rings. The van der Waals surface area contributed by atoms with E-state index in [1.165, 1.54) is 0 Å². The molecule has 0 amide bonds. The van der Waals surface area contributed by atoms with Crippen molar-refractivity contribution in [2.75, 3.05) is 0 Å². The maximum Gasteiger partial charge on any atom is 0.328 e. The van der Waals surface area contributed by atoms with Gasteiger partial charge >= 0.3 is 5.69 Å². The second-order valence-corrected chi connectivity index (χ2v) is 4.14. The fourth-order valence-corrected chi connectivity index (χ4v) is 1.73. The lowest BCUT2D eigenvalue weighted by molar-refractivity contribution is 0.300. The van der Waals surface area contributed by atoms with E-state index in [9.17, 15) is 4.79 Å². The number of hydrogen-bond donors (Lipinski definition) is 0. The van der Waals surface area contributed by atoms with Crippen molar-refractivity contribution in [1.29, 1.82) is 0 Å². The first-order chi connectivity index (χ1) is 7.75. The van der Waals surface area contributed by atoms with Gasteiger partial charge in [-0.25, -0.2) is 9.42 Å². The number of rotatable bonds is 3. The van der Waals surface area contributed by atoms with E-state index in [0.29, 0.717) is 18.3 Å². The lowest BCUT2D eigenvalue weighted by Gasteiger charge is -1.98. The Labute approximate surface area is 91.5 Å². The SMILES string of the molecule is Cc1nonc1Cn1ccn(C2CC2)c1=O. The number of nitrogens with zero attached hydrogens (tertiary/aromatic N) is 4. The summed E-state index contributed by atoms with van der Waals surface area (Å²) in [7, 11) is 0. The Bertz CT molecular complexity index is 561. The van der Waals surface area contributed by atoms with Gasteiger partial charge in [0.15, 0.2) is 0 Å². The topological polar surface area (TPSA) is 65.8 Å². The van der Waals surface area contributed by atoms with Crippen LogP contribution in [0.25, 0.3) is 0 Å². The average Bonchev–Trinajstić information content (AvgIpc) is 2.94. The third-order valence-corrected chi connectivity index (χ3v) is 2.88. The van der Waals surface area contributed by atoms with Crippen molar-refractivity contribution in [3.63, 3.8) is 0 Å². The van der Waals surface area contributed by atoms with E-state index in [2.05, 4.69) is 14.9 Å². The molecule has 16 heavy (non-hydrogen) atoms. The molecule has 0 atom stereocenters. The molecule has 0 spiro atoms. The van der Waals surface area contributed by atoms with Gasteiger partial charge in [0.05, 0.1) is 6.54 Å². The molecular weight excluding hydrogens is 208 g/mol. The van der Waals surface area contributed by atoms with Crippen LogP contribution in [-0.4, -0.2) is 19.4 Å². The highest BCUT2D eigenvalue weighted by atomic mass is 16.6. The van der Waals surface area contributed by atoms with Crippen LogP contribution < -0.4 is 5.69 Å². The molecule has 0 N–H and O–H groups in total. The molecule has 6 heteroatoms. The first kappa shape index (κ1) is 9.38. The van der Waals surface area contributed by atoms with E-state index >= 15 is 0 Å². The largest absolute Gasteiger partial charge is 0.328 e. The van der Waals surface area contributed by atoms with E-state index < -0.39 is 0 Å². The molecule has 2 heterocycles. The van der Waals surface area contributed by atoms with Crippen molar-refractivity contribution >= 4 is 0 Å². The zero-order valence-corrected chi connectivity index (χ0v) is 8.96. The zero-order valence-electron chi connectivity index (χ0n) is 8.96. The van der Waals surface area contributed by atoms with Gasteiger partial charge in [-0.05, 0) is 19.8 Å². The van der Waals surface area contributed by atoms with Crippen LogP contribution in [0.3, 0.4) is 0 Å². The van der Waals surface area contributed by atoms with E-state index in [0.717, 1.165) is 18.5 Å². The predicted molar refractivity (Wildman–Crippen MR) is 55.1 cm³/mol. The van der Waals surface area contributed by atoms with Gasteiger partial charge in [0.1, 0.15) is 11.4 Å². The van der Waals surface area contributed by atoms with Crippen LogP contribution >= 0.6 is 0 Å². The van der Waals surface area contributed by atoms with Crippen molar-refractivity contribution in [3.05, 3.63) is 34.3 Å². The molecule has 0 aromatic carbocycles. The molecule has 1 aliphatic carbocycles. The minimum atomic E-state index is 0.0184. The van der Waals surface area contributed by atoms with Gasteiger partial charge in [0, 0.05) is 18.4 Å². The normalized spacial score (nSPS) is 15.6. The van der Waals surface area contributed by atoms with Crippen LogP contribution in [0.1, 0.15) is 30.3 Å². The maximum absolute atomic E-state index is 11.9. The van der Waals surface area contributed by atoms with Crippen LogP contribution in [0.5, 0.6) is 0 Å². The number of aromatic nitrogens is 4. The van der Waals surface area contributed by atoms with E-state index in [4.69, 9.17) is 0 Å². The Kier molecular flexibility index (Phi) is 1.95. The van der Waals surface area contributed by atoms with Crippen LogP contribution in [0, 0.1) is 6.92 Å². The second-order valence-electron chi connectivity index (χ2n) is 4.14. The molecule has 2 aromatic heterocycles. The van der Waals surface area contributed by atoms with Crippen molar-refractivity contribution < 1.29 is 4.63 Å². The van der Waals surface area contributed by atoms with E-state index in [1.54, 1.807) is 15.3 Å². The molecule has 3 rings (SSSR count). The third kappa shape index (κ3) is 1.46. The standard InChI is InChI=1S/C10H12N4O2/c1-7-9(12-16-11-7)6-13-4-5-14(10(13)15)8-2-3-8/h4-5,8H,2-3,6H2,1H3. The Morgan fingerprint density at radius 2 is 2.25 bits per heavy atom. The number of aryl methyl sites for hydroxylation is 1. The minimum Gasteiger partial charge on any atom is -0.296 e. The predicted octanol–water partition coefficient (Wildman–Crippen LogP) is 0.724. The lowest BCUT2D eigenvalue weighted by atomic mass is 10.3. The average molecular weight is 220 g/mol. The fraction of sp³-hybridized carbons (Fsp3) is 0.500. The van der Waals surface area contributed by atoms with Crippen LogP contribution in [0.15, 0.2) is 21.8 Å². The van der Waals surface area contributed by atoms with Crippen molar-refractivity contribution in [3.8, 4) is 0 Å². The summed E-state index contributed by atoms with van der Waals surface area (Å²) in [6.07, 6.45) is 5.83. The summed E-state index contributed by atoms with van der Waals surface area (Å²) in [5.74, 6) is 0. The van der Waals surface area contributed by atoms with Gasteiger partial charge in [0.2, 0.25) is 0 Å². The Morgan fingerprint density at radius 3 is 2.88 bits per heavy atom. The summed E-state index contributed by atoms with van der Waals surface area (Å²) in [6.45, 7) is 2.24. The van der Waals surface area contributed by atoms with Crippen molar-refractivity contribution in [2.45, 2.75) is 32.4 Å². The lowest BCUT2D eigenvalue weighted by Crippen LogP contribution is -2.24. The zero-order chi connectivity index (χ0) is 11.1. The summed E-state index contributed by atoms with van der Waals surface area (Å²) in [6, 6.07) is 0.408. The first-order valence-corrected chi connectivity index (χ1v) is 5.31. The van der Waals surface area contributed by atoms with Crippen LogP contribution in [-0.2, 0) is 6.54 Å². The fourth-order valence-electron chi connectivity index (χ4n) is 1.73. The molecule has 0 radical (unpaired) electrons. The Balaban J connectivity index is 1.90. The maximum atomic E-state index is 11.9. The molecule has 0 unspecified atom stereocenters. The second kappa shape index (κ2) is 3.33. The van der Waals surface area contributed by atoms with E-state index in [-0.39, 0.29) is 5.69 Å². The van der Waals surface area contributed by atoms with Gasteiger partial charge in [-0.2, -0.15) is 0 Å². The molecule has 1 aliphatic rings. The van der Waals surface area contributed by atoms with Crippen molar-refractivity contribution in [2.24, 2.45) is 0 Å². The van der Waals surface area contributed by atoms with Crippen LogP contribution in [0.4, 0.5) is 0 Å². The monoisotopic (exact) mass is 220 g/mol.